The molecule has 1 aliphatic rings. The van der Waals surface area contributed by atoms with E-state index in [2.05, 4.69) is 9.98 Å². The van der Waals surface area contributed by atoms with Crippen LogP contribution in [0.1, 0.15) is 59.4 Å². The lowest BCUT2D eigenvalue weighted by molar-refractivity contribution is 0.0986. The highest BCUT2D eigenvalue weighted by atomic mass is 19.1. The number of rotatable bonds is 6. The van der Waals surface area contributed by atoms with Gasteiger partial charge in [0.1, 0.15) is 35.6 Å². The second-order valence-electron chi connectivity index (χ2n) is 7.79. The van der Waals surface area contributed by atoms with E-state index in [1.807, 2.05) is 19.9 Å². The van der Waals surface area contributed by atoms with Crippen molar-refractivity contribution in [1.29, 1.82) is 5.26 Å². The Morgan fingerprint density at radius 3 is 2.74 bits per heavy atom. The van der Waals surface area contributed by atoms with Gasteiger partial charge in [0, 0.05) is 18.2 Å². The number of carbonyl (C=O) groups is 1. The maximum Gasteiger partial charge on any atom is 0.288 e. The number of hydrogen-bond acceptors (Lipinski definition) is 6. The van der Waals surface area contributed by atoms with Gasteiger partial charge in [-0.2, -0.15) is 5.26 Å². The highest BCUT2D eigenvalue weighted by Gasteiger charge is 2.32. The zero-order valence-electron chi connectivity index (χ0n) is 17.4. The van der Waals surface area contributed by atoms with E-state index in [-0.39, 0.29) is 41.2 Å². The molecule has 3 rings (SSSR count). The number of nitriles is 1. The molecule has 31 heavy (non-hydrogen) atoms. The van der Waals surface area contributed by atoms with Gasteiger partial charge in [0.15, 0.2) is 5.78 Å². The predicted molar refractivity (Wildman–Crippen MR) is 112 cm³/mol. The number of nitrogens with zero attached hydrogens (tertiary/aromatic N) is 3. The number of amidine groups is 1. The quantitative estimate of drug-likeness (QED) is 0.705. The molecule has 2 heterocycles. The lowest BCUT2D eigenvalue weighted by atomic mass is 9.88. The number of carbonyl (C=O) groups excluding carboxylic acids is 1. The summed E-state index contributed by atoms with van der Waals surface area (Å²) in [5, 5.41) is 9.10. The Balaban J connectivity index is 1.97. The van der Waals surface area contributed by atoms with Crippen LogP contribution >= 0.6 is 0 Å². The van der Waals surface area contributed by atoms with E-state index in [1.54, 1.807) is 13.0 Å². The van der Waals surface area contributed by atoms with Gasteiger partial charge in [-0.25, -0.2) is 13.8 Å². The Labute approximate surface area is 179 Å². The van der Waals surface area contributed by atoms with Gasteiger partial charge in [0.25, 0.3) is 6.02 Å². The number of ketones is 1. The predicted octanol–water partition coefficient (Wildman–Crippen LogP) is 4.05. The summed E-state index contributed by atoms with van der Waals surface area (Å²) < 4.78 is 32.8. The third-order valence-corrected chi connectivity index (χ3v) is 5.03. The first-order valence-electron chi connectivity index (χ1n) is 9.70. The number of benzene rings is 1. The van der Waals surface area contributed by atoms with Gasteiger partial charge >= 0.3 is 0 Å². The molecule has 0 unspecified atom stereocenters. The first-order chi connectivity index (χ1) is 14.7. The Morgan fingerprint density at radius 1 is 1.35 bits per heavy atom. The minimum absolute atomic E-state index is 0.00810. The fourth-order valence-electron chi connectivity index (χ4n) is 3.52. The largest absolute Gasteiger partial charge is 0.428 e. The topological polar surface area (TPSA) is 101 Å². The van der Waals surface area contributed by atoms with Crippen LogP contribution in [-0.2, 0) is 16.7 Å². The van der Waals surface area contributed by atoms with Crippen molar-refractivity contribution in [3.8, 4) is 6.07 Å². The van der Waals surface area contributed by atoms with Crippen LogP contribution in [0.4, 0.5) is 8.78 Å². The first kappa shape index (κ1) is 22.1. The van der Waals surface area contributed by atoms with Crippen LogP contribution in [0.2, 0.25) is 0 Å². The fourth-order valence-corrected chi connectivity index (χ4v) is 3.52. The number of ether oxygens (including phenoxy) is 1. The summed E-state index contributed by atoms with van der Waals surface area (Å²) in [6, 6.07) is 7.68. The van der Waals surface area contributed by atoms with Gasteiger partial charge in [0.05, 0.1) is 5.56 Å². The number of aliphatic imine (C=N–C) groups is 1. The molecule has 0 spiro atoms. The van der Waals surface area contributed by atoms with E-state index in [0.29, 0.717) is 16.7 Å². The van der Waals surface area contributed by atoms with Gasteiger partial charge in [-0.05, 0) is 48.2 Å². The molecule has 0 fully saturated rings. The molecule has 160 valence electrons. The number of halogens is 2. The van der Waals surface area contributed by atoms with Crippen molar-refractivity contribution in [2.24, 2.45) is 10.7 Å². The number of nitrogens with two attached hydrogens (primary N) is 1. The number of Topliss-reactive ketones (excluding diaryl/α,β-unsaturated/α-hetero) is 1. The number of hydrogen-bond donors (Lipinski definition) is 1. The third kappa shape index (κ3) is 4.61. The van der Waals surface area contributed by atoms with E-state index in [0.717, 1.165) is 0 Å². The summed E-state index contributed by atoms with van der Waals surface area (Å²) in [4.78, 5) is 21.3. The van der Waals surface area contributed by atoms with Crippen LogP contribution in [-0.4, -0.2) is 23.5 Å². The summed E-state index contributed by atoms with van der Waals surface area (Å²) in [6.45, 7) is 4.50. The van der Waals surface area contributed by atoms with E-state index in [4.69, 9.17) is 15.7 Å². The molecule has 0 radical (unpaired) electrons. The van der Waals surface area contributed by atoms with E-state index in [9.17, 15) is 13.6 Å². The smallest absolute Gasteiger partial charge is 0.288 e. The van der Waals surface area contributed by atoms with Crippen LogP contribution in [0.3, 0.4) is 0 Å². The van der Waals surface area contributed by atoms with Gasteiger partial charge in [-0.3, -0.25) is 9.78 Å². The average Bonchev–Trinajstić information content (AvgIpc) is 2.73. The fraction of sp³-hybridized carbons (Fsp3) is 0.304. The molecular weight excluding hydrogens is 402 g/mol. The molecule has 2 N–H and O–H groups in total. The molecule has 0 saturated heterocycles. The summed E-state index contributed by atoms with van der Waals surface area (Å²) >= 11 is 0. The number of pyridine rings is 1. The maximum absolute atomic E-state index is 14.7. The zero-order chi connectivity index (χ0) is 22.8. The maximum atomic E-state index is 14.7. The molecule has 0 bridgehead atoms. The standard InChI is InChI=1S/C23H22F2N4O2/c1-13(2)17-6-15(11-26)12-28-21(17)20(30)8-14-4-5-19(25)18(7-14)23(3)9-16(10-24)31-22(27)29-23/h4-7,9,12-13H,8,10H2,1-3H3,(H2,27,29)/t23-/m0/s1. The summed E-state index contributed by atoms with van der Waals surface area (Å²) in [5.41, 5.74) is 6.38. The van der Waals surface area contributed by atoms with Gasteiger partial charge in [-0.1, -0.05) is 19.9 Å². The molecule has 6 nitrogen and oxygen atoms in total. The van der Waals surface area contributed by atoms with E-state index < -0.39 is 18.0 Å². The van der Waals surface area contributed by atoms with Crippen LogP contribution < -0.4 is 5.73 Å². The minimum Gasteiger partial charge on any atom is -0.428 e. The van der Waals surface area contributed by atoms with Gasteiger partial charge in [-0.15, -0.1) is 0 Å². The molecule has 0 aliphatic carbocycles. The Morgan fingerprint density at radius 2 is 2.10 bits per heavy atom. The highest BCUT2D eigenvalue weighted by Crippen LogP contribution is 2.34. The molecule has 0 amide bonds. The minimum atomic E-state index is -1.28. The van der Waals surface area contributed by atoms with Gasteiger partial charge < -0.3 is 10.5 Å². The molecule has 8 heteroatoms. The molecular formula is C23H22F2N4O2. The molecule has 1 aromatic heterocycles. The van der Waals surface area contributed by atoms with E-state index in [1.165, 1.54) is 30.5 Å². The van der Waals surface area contributed by atoms with Crippen LogP contribution in [0.5, 0.6) is 0 Å². The zero-order valence-corrected chi connectivity index (χ0v) is 17.4. The van der Waals surface area contributed by atoms with Crippen LogP contribution in [0, 0.1) is 17.1 Å². The lowest BCUT2D eigenvalue weighted by Crippen LogP contribution is -2.31. The third-order valence-electron chi connectivity index (χ3n) is 5.03. The normalized spacial score (nSPS) is 18.1. The Hall–Kier alpha value is -3.60. The lowest BCUT2D eigenvalue weighted by Gasteiger charge is -2.28. The van der Waals surface area contributed by atoms with Crippen LogP contribution in [0.15, 0.2) is 47.3 Å². The summed E-state index contributed by atoms with van der Waals surface area (Å²) in [6.07, 6.45) is 2.70. The van der Waals surface area contributed by atoms with Crippen molar-refractivity contribution >= 4 is 11.8 Å². The molecule has 2 aromatic rings. The molecule has 0 saturated carbocycles. The second-order valence-corrected chi connectivity index (χ2v) is 7.79. The van der Waals surface area contributed by atoms with Crippen molar-refractivity contribution in [3.05, 3.63) is 76.1 Å². The molecule has 1 aromatic carbocycles. The van der Waals surface area contributed by atoms with Crippen molar-refractivity contribution in [2.45, 2.75) is 38.6 Å². The summed E-state index contributed by atoms with van der Waals surface area (Å²) in [7, 11) is 0. The number of aromatic nitrogens is 1. The molecule has 1 atom stereocenters. The monoisotopic (exact) mass is 424 g/mol. The number of allylic oxidation sites excluding steroid dienone is 1. The molecule has 1 aliphatic heterocycles. The van der Waals surface area contributed by atoms with Crippen molar-refractivity contribution < 1.29 is 18.3 Å². The van der Waals surface area contributed by atoms with Crippen molar-refractivity contribution in [3.63, 3.8) is 0 Å². The first-order valence-corrected chi connectivity index (χ1v) is 9.70. The van der Waals surface area contributed by atoms with Gasteiger partial charge in [0.2, 0.25) is 0 Å². The highest BCUT2D eigenvalue weighted by molar-refractivity contribution is 5.97. The Kier molecular flexibility index (Phi) is 6.16. The van der Waals surface area contributed by atoms with Crippen molar-refractivity contribution in [1.82, 2.24) is 4.98 Å². The van der Waals surface area contributed by atoms with Crippen LogP contribution in [0.25, 0.3) is 0 Å². The summed E-state index contributed by atoms with van der Waals surface area (Å²) in [5.74, 6) is -0.887. The SMILES string of the molecule is CC(C)c1cc(C#N)cnc1C(=O)Cc1ccc(F)c([C@]2(C)C=C(CF)OC(N)=N2)c1. The van der Waals surface area contributed by atoms with Crippen molar-refractivity contribution in [2.75, 3.05) is 6.67 Å². The number of alkyl halides is 1. The second kappa shape index (κ2) is 8.64. The van der Waals surface area contributed by atoms with E-state index >= 15 is 0 Å². The average molecular weight is 424 g/mol. The Bertz CT molecular complexity index is 1130.